The van der Waals surface area contributed by atoms with E-state index in [4.69, 9.17) is 4.74 Å². The summed E-state index contributed by atoms with van der Waals surface area (Å²) >= 11 is 0. The van der Waals surface area contributed by atoms with E-state index in [1.165, 1.54) is 31.0 Å². The van der Waals surface area contributed by atoms with E-state index in [0.717, 1.165) is 43.2 Å². The molecule has 1 aromatic heterocycles. The van der Waals surface area contributed by atoms with E-state index in [9.17, 15) is 13.2 Å². The van der Waals surface area contributed by atoms with Crippen molar-refractivity contribution in [2.75, 3.05) is 18.4 Å². The van der Waals surface area contributed by atoms with Gasteiger partial charge in [0, 0.05) is 23.2 Å². The number of hydrogen-bond acceptors (Lipinski definition) is 7. The summed E-state index contributed by atoms with van der Waals surface area (Å²) in [5, 5.41) is 3.30. The molecule has 190 valence electrons. The molecule has 1 aliphatic rings. The first kappa shape index (κ1) is 25.8. The van der Waals surface area contributed by atoms with Crippen LogP contribution in [-0.2, 0) is 16.4 Å². The molecule has 0 unspecified atom stereocenters. The minimum absolute atomic E-state index is 0.0439. The van der Waals surface area contributed by atoms with Crippen molar-refractivity contribution in [1.29, 1.82) is 0 Å². The highest BCUT2D eigenvalue weighted by atomic mass is 32.2. The molecule has 8 nitrogen and oxygen atoms in total. The lowest BCUT2D eigenvalue weighted by Crippen LogP contribution is -2.31. The maximum absolute atomic E-state index is 13.1. The molecule has 2 N–H and O–H groups in total. The van der Waals surface area contributed by atoms with Crippen molar-refractivity contribution in [3.63, 3.8) is 0 Å². The number of nitrogens with zero attached hydrogens (tertiary/aromatic N) is 2. The largest absolute Gasteiger partial charge is 0.476 e. The Labute approximate surface area is 212 Å². The van der Waals surface area contributed by atoms with Crippen LogP contribution < -0.4 is 14.8 Å². The molecule has 36 heavy (non-hydrogen) atoms. The number of aldehydes is 1. The van der Waals surface area contributed by atoms with Crippen LogP contribution in [0.15, 0.2) is 59.5 Å². The SMILES string of the molecule is CN[C@@H]1CCCCCCCc2ccccc2-c2cc(nc(NS(=O)(=O)c3cccc(C=O)c3)n2)OC1. The van der Waals surface area contributed by atoms with Gasteiger partial charge in [-0.25, -0.2) is 18.1 Å². The number of sulfonamides is 1. The molecular weight excluding hydrogens is 476 g/mol. The maximum Gasteiger partial charge on any atom is 0.264 e. The summed E-state index contributed by atoms with van der Waals surface area (Å²) < 4.78 is 34.7. The van der Waals surface area contributed by atoms with Gasteiger partial charge in [0.05, 0.1) is 10.6 Å². The van der Waals surface area contributed by atoms with Crippen LogP contribution in [0.1, 0.15) is 54.4 Å². The summed E-state index contributed by atoms with van der Waals surface area (Å²) in [6.07, 6.45) is 8.24. The Hall–Kier alpha value is -3.30. The minimum atomic E-state index is -4.02. The van der Waals surface area contributed by atoms with Crippen molar-refractivity contribution >= 4 is 22.3 Å². The third-order valence-electron chi connectivity index (χ3n) is 6.37. The predicted molar refractivity (Wildman–Crippen MR) is 140 cm³/mol. The summed E-state index contributed by atoms with van der Waals surface area (Å²) in [5.41, 5.74) is 2.93. The van der Waals surface area contributed by atoms with E-state index >= 15 is 0 Å². The van der Waals surface area contributed by atoms with Crippen LogP contribution >= 0.6 is 0 Å². The van der Waals surface area contributed by atoms with Crippen LogP contribution in [0.3, 0.4) is 0 Å². The number of benzene rings is 2. The van der Waals surface area contributed by atoms with Crippen molar-refractivity contribution < 1.29 is 17.9 Å². The quantitative estimate of drug-likeness (QED) is 0.484. The topological polar surface area (TPSA) is 110 Å². The highest BCUT2D eigenvalue weighted by Gasteiger charge is 2.19. The molecule has 1 atom stereocenters. The van der Waals surface area contributed by atoms with Crippen LogP contribution in [0.4, 0.5) is 5.95 Å². The number of fused-ring (bicyclic) bond motifs is 4. The second-order valence-corrected chi connectivity index (χ2v) is 10.7. The van der Waals surface area contributed by atoms with E-state index in [1.807, 2.05) is 25.2 Å². The minimum Gasteiger partial charge on any atom is -0.476 e. The summed E-state index contributed by atoms with van der Waals surface area (Å²) in [5.74, 6) is 0.211. The third-order valence-corrected chi connectivity index (χ3v) is 7.69. The molecule has 0 aliphatic carbocycles. The van der Waals surface area contributed by atoms with E-state index in [2.05, 4.69) is 26.1 Å². The van der Waals surface area contributed by atoms with Gasteiger partial charge >= 0.3 is 0 Å². The van der Waals surface area contributed by atoms with Crippen molar-refractivity contribution in [3.8, 4) is 17.1 Å². The zero-order valence-corrected chi connectivity index (χ0v) is 21.3. The predicted octanol–water partition coefficient (Wildman–Crippen LogP) is 4.62. The van der Waals surface area contributed by atoms with Crippen LogP contribution in [0.5, 0.6) is 5.88 Å². The molecule has 0 spiro atoms. The normalized spacial score (nSPS) is 17.1. The van der Waals surface area contributed by atoms with Gasteiger partial charge in [0.15, 0.2) is 0 Å². The van der Waals surface area contributed by atoms with Gasteiger partial charge in [-0.15, -0.1) is 0 Å². The van der Waals surface area contributed by atoms with Crippen LogP contribution in [0.25, 0.3) is 11.3 Å². The highest BCUT2D eigenvalue weighted by molar-refractivity contribution is 7.92. The van der Waals surface area contributed by atoms with Crippen LogP contribution in [0, 0.1) is 0 Å². The van der Waals surface area contributed by atoms with Crippen molar-refractivity contribution in [2.45, 2.75) is 55.9 Å². The Kier molecular flexibility index (Phi) is 8.66. The number of carbonyl (C=O) groups is 1. The summed E-state index contributed by atoms with van der Waals surface area (Å²) in [7, 11) is -2.11. The second kappa shape index (κ2) is 12.1. The molecule has 4 rings (SSSR count). The second-order valence-electron chi connectivity index (χ2n) is 8.97. The van der Waals surface area contributed by atoms with Crippen molar-refractivity contribution in [2.24, 2.45) is 0 Å². The molecule has 9 heteroatoms. The monoisotopic (exact) mass is 508 g/mol. The number of hydrogen-bond donors (Lipinski definition) is 2. The average molecular weight is 509 g/mol. The number of ether oxygens (including phenoxy) is 1. The fraction of sp³-hybridized carbons (Fsp3) is 0.370. The summed E-state index contributed by atoms with van der Waals surface area (Å²) in [6, 6.07) is 15.7. The molecule has 3 aromatic rings. The first-order chi connectivity index (χ1) is 17.5. The lowest BCUT2D eigenvalue weighted by molar-refractivity contribution is 0.112. The van der Waals surface area contributed by atoms with Gasteiger partial charge in [0.2, 0.25) is 11.8 Å². The van der Waals surface area contributed by atoms with Gasteiger partial charge in [-0.2, -0.15) is 4.98 Å². The molecule has 2 aromatic carbocycles. The number of rotatable bonds is 5. The standard InChI is InChI=1S/C27H32N4O4S/c1-28-22-13-6-4-2-3-5-11-21-12-7-8-15-24(21)25-17-26(35-19-22)30-27(29-25)31-36(33,34)23-14-9-10-20(16-23)18-32/h7-10,12,14-18,22,28H,2-6,11,13,19H2,1H3,(H,29,30,31)/t22-/m1/s1. The van der Waals surface area contributed by atoms with Crippen molar-refractivity contribution in [1.82, 2.24) is 15.3 Å². The fourth-order valence-corrected chi connectivity index (χ4v) is 5.34. The first-order valence-electron chi connectivity index (χ1n) is 12.3. The lowest BCUT2D eigenvalue weighted by atomic mass is 9.98. The average Bonchev–Trinajstić information content (AvgIpc) is 2.89. The van der Waals surface area contributed by atoms with Gasteiger partial charge in [-0.1, -0.05) is 62.1 Å². The smallest absolute Gasteiger partial charge is 0.264 e. The number of aryl methyl sites for hydroxylation is 1. The van der Waals surface area contributed by atoms with Gasteiger partial charge in [0.25, 0.3) is 10.0 Å². The van der Waals surface area contributed by atoms with E-state index in [0.29, 0.717) is 24.5 Å². The Morgan fingerprint density at radius 2 is 1.78 bits per heavy atom. The van der Waals surface area contributed by atoms with Gasteiger partial charge in [-0.05, 0) is 44.0 Å². The number of likely N-dealkylation sites (N-methyl/N-ethyl adjacent to an activating group) is 1. The van der Waals surface area contributed by atoms with Gasteiger partial charge < -0.3 is 10.1 Å². The molecule has 0 fully saturated rings. The van der Waals surface area contributed by atoms with Gasteiger partial charge in [0.1, 0.15) is 12.9 Å². The van der Waals surface area contributed by atoms with Crippen LogP contribution in [0.2, 0.25) is 0 Å². The van der Waals surface area contributed by atoms with E-state index in [1.54, 1.807) is 12.1 Å². The number of aromatic nitrogens is 2. The number of nitrogens with one attached hydrogen (secondary N) is 2. The number of carbonyl (C=O) groups excluding carboxylic acids is 1. The molecule has 0 saturated carbocycles. The Bertz CT molecular complexity index is 1300. The lowest BCUT2D eigenvalue weighted by Gasteiger charge is -2.17. The summed E-state index contributed by atoms with van der Waals surface area (Å²) in [4.78, 5) is 20.0. The number of anilines is 1. The van der Waals surface area contributed by atoms with Crippen LogP contribution in [-0.4, -0.2) is 44.4 Å². The Morgan fingerprint density at radius 1 is 0.972 bits per heavy atom. The molecule has 2 heterocycles. The van der Waals surface area contributed by atoms with E-state index in [-0.39, 0.29) is 22.4 Å². The highest BCUT2D eigenvalue weighted by Crippen LogP contribution is 2.28. The summed E-state index contributed by atoms with van der Waals surface area (Å²) in [6.45, 7) is 0.405. The van der Waals surface area contributed by atoms with Gasteiger partial charge in [-0.3, -0.25) is 4.79 Å². The first-order valence-corrected chi connectivity index (χ1v) is 13.8. The molecule has 1 aliphatic heterocycles. The zero-order valence-electron chi connectivity index (χ0n) is 20.4. The molecular formula is C27H32N4O4S. The third kappa shape index (κ3) is 6.67. The molecule has 2 bridgehead atoms. The zero-order chi connectivity index (χ0) is 25.4. The Morgan fingerprint density at radius 3 is 2.61 bits per heavy atom. The molecule has 0 radical (unpaired) electrons. The molecule has 0 amide bonds. The van der Waals surface area contributed by atoms with E-state index < -0.39 is 10.0 Å². The Balaban J connectivity index is 1.73. The van der Waals surface area contributed by atoms with Crippen molar-refractivity contribution in [3.05, 3.63) is 65.7 Å². The maximum atomic E-state index is 13.1. The fourth-order valence-electron chi connectivity index (χ4n) is 4.34. The molecule has 0 saturated heterocycles.